The molecule has 1 atom stereocenters. The Hall–Kier alpha value is -1.36. The SMILES string of the molecule is CC(C)(C)OC(=O)N1CCCC1c1cc(N)ccc1SC1CC1. The van der Waals surface area contributed by atoms with Crippen molar-refractivity contribution in [2.24, 2.45) is 0 Å². The first-order chi connectivity index (χ1) is 10.8. The Morgan fingerprint density at radius 3 is 2.70 bits per heavy atom. The molecule has 126 valence electrons. The first-order valence-electron chi connectivity index (χ1n) is 8.39. The number of nitrogen functional groups attached to an aromatic ring is 1. The summed E-state index contributed by atoms with van der Waals surface area (Å²) in [5.74, 6) is 0. The summed E-state index contributed by atoms with van der Waals surface area (Å²) < 4.78 is 5.59. The number of hydrogen-bond acceptors (Lipinski definition) is 4. The second kappa shape index (κ2) is 6.27. The summed E-state index contributed by atoms with van der Waals surface area (Å²) in [4.78, 5) is 15.7. The molecular formula is C18H26N2O2S. The van der Waals surface area contributed by atoms with Crippen molar-refractivity contribution in [3.63, 3.8) is 0 Å². The van der Waals surface area contributed by atoms with Gasteiger partial charge in [0, 0.05) is 22.4 Å². The number of carbonyl (C=O) groups excluding carboxylic acids is 1. The van der Waals surface area contributed by atoms with E-state index in [4.69, 9.17) is 10.5 Å². The zero-order valence-electron chi connectivity index (χ0n) is 14.2. The lowest BCUT2D eigenvalue weighted by atomic mass is 10.0. The normalized spacial score (nSPS) is 21.5. The molecule has 4 nitrogen and oxygen atoms in total. The fourth-order valence-corrected chi connectivity index (χ4v) is 4.14. The Bertz CT molecular complexity index is 593. The lowest BCUT2D eigenvalue weighted by molar-refractivity contribution is 0.0223. The van der Waals surface area contributed by atoms with Crippen LogP contribution < -0.4 is 5.73 Å². The van der Waals surface area contributed by atoms with Gasteiger partial charge in [-0.2, -0.15) is 0 Å². The number of nitrogens with two attached hydrogens (primary N) is 1. The van der Waals surface area contributed by atoms with Crippen LogP contribution in [-0.4, -0.2) is 28.4 Å². The standard InChI is InChI=1S/C18H26N2O2S/c1-18(2,3)22-17(21)20-10-4-5-15(20)14-11-12(19)6-9-16(14)23-13-7-8-13/h6,9,11,13,15H,4-5,7-8,10,19H2,1-3H3. The fraction of sp³-hybridized carbons (Fsp3) is 0.611. The molecule has 1 aliphatic heterocycles. The molecule has 1 aromatic rings. The molecule has 0 bridgehead atoms. The van der Waals surface area contributed by atoms with Crippen LogP contribution in [0.4, 0.5) is 10.5 Å². The second-order valence-electron chi connectivity index (χ2n) is 7.45. The topological polar surface area (TPSA) is 55.6 Å². The minimum atomic E-state index is -0.467. The van der Waals surface area contributed by atoms with Crippen molar-refractivity contribution in [3.8, 4) is 0 Å². The largest absolute Gasteiger partial charge is 0.444 e. The highest BCUT2D eigenvalue weighted by molar-refractivity contribution is 8.00. The zero-order chi connectivity index (χ0) is 16.6. The first kappa shape index (κ1) is 16.5. The van der Waals surface area contributed by atoms with Crippen LogP contribution in [0.25, 0.3) is 0 Å². The zero-order valence-corrected chi connectivity index (χ0v) is 15.0. The van der Waals surface area contributed by atoms with Gasteiger partial charge in [-0.15, -0.1) is 11.8 Å². The van der Waals surface area contributed by atoms with Crippen LogP contribution in [0, 0.1) is 0 Å². The van der Waals surface area contributed by atoms with Gasteiger partial charge < -0.3 is 15.4 Å². The first-order valence-corrected chi connectivity index (χ1v) is 9.27. The molecule has 1 aromatic carbocycles. The number of thioether (sulfide) groups is 1. The van der Waals surface area contributed by atoms with Crippen molar-refractivity contribution in [1.29, 1.82) is 0 Å². The van der Waals surface area contributed by atoms with E-state index < -0.39 is 5.60 Å². The number of anilines is 1. The summed E-state index contributed by atoms with van der Waals surface area (Å²) in [5, 5.41) is 0.730. The van der Waals surface area contributed by atoms with Gasteiger partial charge in [-0.05, 0) is 70.2 Å². The smallest absolute Gasteiger partial charge is 0.410 e. The number of rotatable bonds is 3. The quantitative estimate of drug-likeness (QED) is 0.821. The average Bonchev–Trinajstić information content (AvgIpc) is 3.12. The van der Waals surface area contributed by atoms with Gasteiger partial charge in [-0.25, -0.2) is 4.79 Å². The number of likely N-dealkylation sites (tertiary alicyclic amines) is 1. The van der Waals surface area contributed by atoms with E-state index in [1.807, 2.05) is 49.6 Å². The van der Waals surface area contributed by atoms with E-state index in [-0.39, 0.29) is 12.1 Å². The molecule has 0 aromatic heterocycles. The summed E-state index contributed by atoms with van der Waals surface area (Å²) in [6.07, 6.45) is 4.33. The minimum absolute atomic E-state index is 0.0783. The van der Waals surface area contributed by atoms with Gasteiger partial charge in [0.1, 0.15) is 5.60 Å². The highest BCUT2D eigenvalue weighted by Crippen LogP contribution is 2.45. The van der Waals surface area contributed by atoms with Gasteiger partial charge >= 0.3 is 6.09 Å². The van der Waals surface area contributed by atoms with E-state index in [2.05, 4.69) is 6.07 Å². The van der Waals surface area contributed by atoms with E-state index in [0.717, 1.165) is 30.3 Å². The molecular weight excluding hydrogens is 308 g/mol. The predicted molar refractivity (Wildman–Crippen MR) is 94.6 cm³/mol. The summed E-state index contributed by atoms with van der Waals surface area (Å²) >= 11 is 1.92. The molecule has 2 N–H and O–H groups in total. The van der Waals surface area contributed by atoms with E-state index in [1.54, 1.807) is 0 Å². The summed E-state index contributed by atoms with van der Waals surface area (Å²) in [7, 11) is 0. The highest BCUT2D eigenvalue weighted by atomic mass is 32.2. The lowest BCUT2D eigenvalue weighted by Crippen LogP contribution is -2.36. The predicted octanol–water partition coefficient (Wildman–Crippen LogP) is 4.60. The van der Waals surface area contributed by atoms with Crippen molar-refractivity contribution in [1.82, 2.24) is 4.90 Å². The molecule has 1 aliphatic carbocycles. The number of amides is 1. The molecule has 2 fully saturated rings. The number of hydrogen-bond donors (Lipinski definition) is 1. The van der Waals surface area contributed by atoms with Crippen LogP contribution in [-0.2, 0) is 4.74 Å². The molecule has 1 saturated carbocycles. The lowest BCUT2D eigenvalue weighted by Gasteiger charge is -2.29. The third-order valence-corrected chi connectivity index (χ3v) is 5.52. The van der Waals surface area contributed by atoms with Crippen LogP contribution in [0.3, 0.4) is 0 Å². The van der Waals surface area contributed by atoms with Crippen molar-refractivity contribution >= 4 is 23.5 Å². The maximum atomic E-state index is 12.5. The van der Waals surface area contributed by atoms with Crippen molar-refractivity contribution in [2.75, 3.05) is 12.3 Å². The van der Waals surface area contributed by atoms with Crippen LogP contribution in [0.5, 0.6) is 0 Å². The number of benzene rings is 1. The van der Waals surface area contributed by atoms with E-state index in [1.165, 1.54) is 23.3 Å². The van der Waals surface area contributed by atoms with Gasteiger partial charge in [0.05, 0.1) is 6.04 Å². The molecule has 1 unspecified atom stereocenters. The number of carbonyl (C=O) groups is 1. The molecule has 2 aliphatic rings. The van der Waals surface area contributed by atoms with Crippen LogP contribution in [0.2, 0.25) is 0 Å². The van der Waals surface area contributed by atoms with Gasteiger partial charge in [-0.1, -0.05) is 0 Å². The Labute approximate surface area is 142 Å². The Morgan fingerprint density at radius 2 is 2.04 bits per heavy atom. The Kier molecular flexibility index (Phi) is 4.50. The molecule has 3 rings (SSSR count). The van der Waals surface area contributed by atoms with Crippen molar-refractivity contribution in [2.45, 2.75) is 68.2 Å². The summed E-state index contributed by atoms with van der Waals surface area (Å²) in [6.45, 7) is 6.47. The van der Waals surface area contributed by atoms with Gasteiger partial charge in [0.2, 0.25) is 0 Å². The van der Waals surface area contributed by atoms with E-state index in [0.29, 0.717) is 0 Å². The Morgan fingerprint density at radius 1 is 1.30 bits per heavy atom. The van der Waals surface area contributed by atoms with Crippen LogP contribution >= 0.6 is 11.8 Å². The maximum Gasteiger partial charge on any atom is 0.410 e. The molecule has 0 spiro atoms. The third kappa shape index (κ3) is 4.14. The second-order valence-corrected chi connectivity index (χ2v) is 8.79. The van der Waals surface area contributed by atoms with Crippen LogP contribution in [0.15, 0.2) is 23.1 Å². The monoisotopic (exact) mass is 334 g/mol. The molecule has 0 radical (unpaired) electrons. The van der Waals surface area contributed by atoms with Gasteiger partial charge in [0.25, 0.3) is 0 Å². The van der Waals surface area contributed by atoms with Crippen molar-refractivity contribution in [3.05, 3.63) is 23.8 Å². The summed E-state index contributed by atoms with van der Waals surface area (Å²) in [6, 6.07) is 6.19. The number of ether oxygens (including phenoxy) is 1. The van der Waals surface area contributed by atoms with E-state index >= 15 is 0 Å². The highest BCUT2D eigenvalue weighted by Gasteiger charge is 2.35. The van der Waals surface area contributed by atoms with Gasteiger partial charge in [-0.3, -0.25) is 0 Å². The molecule has 23 heavy (non-hydrogen) atoms. The molecule has 1 amide bonds. The average molecular weight is 334 g/mol. The fourth-order valence-electron chi connectivity index (χ4n) is 2.93. The molecule has 1 saturated heterocycles. The molecule has 1 heterocycles. The minimum Gasteiger partial charge on any atom is -0.444 e. The number of nitrogens with zero attached hydrogens (tertiary/aromatic N) is 1. The molecule has 5 heteroatoms. The van der Waals surface area contributed by atoms with Gasteiger partial charge in [0.15, 0.2) is 0 Å². The third-order valence-electron chi connectivity index (χ3n) is 4.09. The maximum absolute atomic E-state index is 12.5. The van der Waals surface area contributed by atoms with Crippen molar-refractivity contribution < 1.29 is 9.53 Å². The summed E-state index contributed by atoms with van der Waals surface area (Å²) in [5.41, 5.74) is 7.50. The Balaban J connectivity index is 1.84. The van der Waals surface area contributed by atoms with Crippen LogP contribution in [0.1, 0.15) is 58.1 Å². The van der Waals surface area contributed by atoms with E-state index in [9.17, 15) is 4.79 Å².